The molecule has 0 radical (unpaired) electrons. The topological polar surface area (TPSA) is 42.2 Å². The van der Waals surface area contributed by atoms with Crippen molar-refractivity contribution in [3.63, 3.8) is 0 Å². The molecule has 0 atom stereocenters. The molecule has 0 aliphatic carbocycles. The summed E-state index contributed by atoms with van der Waals surface area (Å²) in [4.78, 5) is 0. The van der Waals surface area contributed by atoms with E-state index >= 15 is 0 Å². The maximum atomic E-state index is 13.2. The van der Waals surface area contributed by atoms with Crippen LogP contribution in [-0.2, 0) is 6.61 Å². The van der Waals surface area contributed by atoms with Gasteiger partial charge in [-0.05, 0) is 29.8 Å². The van der Waals surface area contributed by atoms with Crippen molar-refractivity contribution in [2.24, 2.45) is 0 Å². The molecule has 5 heteroatoms. The molecule has 0 aliphatic heterocycles. The monoisotopic (exact) mass is 335 g/mol. The highest BCUT2D eigenvalue weighted by Gasteiger charge is 2.05. The molecule has 0 saturated carbocycles. The Hall–Kier alpha value is -2.06. The molecule has 2 aromatic carbocycles. The van der Waals surface area contributed by atoms with Crippen LogP contribution >= 0.6 is 15.9 Å². The van der Waals surface area contributed by atoms with E-state index in [2.05, 4.69) is 15.9 Å². The van der Waals surface area contributed by atoms with Gasteiger partial charge in [-0.1, -0.05) is 22.0 Å². The number of hydrogen-bond donors (Lipinski definition) is 0. The molecule has 0 saturated heterocycles. The van der Waals surface area contributed by atoms with E-state index < -0.39 is 0 Å². The van der Waals surface area contributed by atoms with E-state index in [1.807, 2.05) is 6.07 Å². The first-order chi connectivity index (χ1) is 9.62. The highest BCUT2D eigenvalue weighted by atomic mass is 79.9. The van der Waals surface area contributed by atoms with Gasteiger partial charge in [0.1, 0.15) is 30.0 Å². The summed E-state index contributed by atoms with van der Waals surface area (Å²) in [5.41, 5.74) is 1.30. The number of nitriles is 1. The average Bonchev–Trinajstić information content (AvgIpc) is 2.43. The molecule has 0 fully saturated rings. The molecule has 3 nitrogen and oxygen atoms in total. The number of ether oxygens (including phenoxy) is 2. The lowest BCUT2D eigenvalue weighted by molar-refractivity contribution is 0.303. The molecule has 0 heterocycles. The lowest BCUT2D eigenvalue weighted by atomic mass is 10.1. The summed E-state index contributed by atoms with van der Waals surface area (Å²) >= 11 is 3.20. The van der Waals surface area contributed by atoms with Gasteiger partial charge in [-0.2, -0.15) is 5.26 Å². The van der Waals surface area contributed by atoms with Crippen LogP contribution in [0.1, 0.15) is 11.1 Å². The third kappa shape index (κ3) is 3.49. The SMILES string of the molecule is COc1cc(COc2cc(F)cc(Br)c2)ccc1C#N. The summed E-state index contributed by atoms with van der Waals surface area (Å²) in [6.45, 7) is 0.262. The zero-order valence-corrected chi connectivity index (χ0v) is 12.3. The number of halogens is 2. The standard InChI is InChI=1S/C15H11BrFNO2/c1-19-15-4-10(2-3-11(15)8-18)9-20-14-6-12(16)5-13(17)7-14/h2-7H,9H2,1H3. The van der Waals surface area contributed by atoms with Crippen LogP contribution < -0.4 is 9.47 Å². The fourth-order valence-corrected chi connectivity index (χ4v) is 2.14. The second-order valence-electron chi connectivity index (χ2n) is 4.04. The third-order valence-corrected chi connectivity index (χ3v) is 3.09. The molecule has 0 N–H and O–H groups in total. The number of methoxy groups -OCH3 is 1. The van der Waals surface area contributed by atoms with Crippen molar-refractivity contribution in [2.75, 3.05) is 7.11 Å². The number of hydrogen-bond acceptors (Lipinski definition) is 3. The Bertz CT molecular complexity index is 647. The average molecular weight is 336 g/mol. The maximum Gasteiger partial charge on any atom is 0.137 e. The fraction of sp³-hybridized carbons (Fsp3) is 0.133. The van der Waals surface area contributed by atoms with Gasteiger partial charge < -0.3 is 9.47 Å². The van der Waals surface area contributed by atoms with Gasteiger partial charge in [-0.15, -0.1) is 0 Å². The van der Waals surface area contributed by atoms with Gasteiger partial charge >= 0.3 is 0 Å². The zero-order valence-electron chi connectivity index (χ0n) is 10.7. The van der Waals surface area contributed by atoms with Crippen LogP contribution in [0.3, 0.4) is 0 Å². The van der Waals surface area contributed by atoms with Gasteiger partial charge in [0.25, 0.3) is 0 Å². The Kier molecular flexibility index (Phi) is 4.59. The molecule has 0 amide bonds. The Morgan fingerprint density at radius 1 is 1.25 bits per heavy atom. The minimum absolute atomic E-state index is 0.262. The van der Waals surface area contributed by atoms with Crippen molar-refractivity contribution in [3.05, 3.63) is 57.8 Å². The van der Waals surface area contributed by atoms with Crippen molar-refractivity contribution in [3.8, 4) is 17.6 Å². The largest absolute Gasteiger partial charge is 0.495 e. The summed E-state index contributed by atoms with van der Waals surface area (Å²) < 4.78 is 24.5. The van der Waals surface area contributed by atoms with E-state index in [0.29, 0.717) is 21.5 Å². The van der Waals surface area contributed by atoms with Crippen LogP contribution in [0, 0.1) is 17.1 Å². The van der Waals surface area contributed by atoms with Crippen molar-refractivity contribution in [2.45, 2.75) is 6.61 Å². The van der Waals surface area contributed by atoms with E-state index in [1.165, 1.54) is 19.2 Å². The van der Waals surface area contributed by atoms with Crippen molar-refractivity contribution in [1.29, 1.82) is 5.26 Å². The molecular weight excluding hydrogens is 325 g/mol. The number of nitrogens with zero attached hydrogens (tertiary/aromatic N) is 1. The molecule has 0 unspecified atom stereocenters. The van der Waals surface area contributed by atoms with Gasteiger partial charge in [0, 0.05) is 10.5 Å². The second-order valence-corrected chi connectivity index (χ2v) is 4.96. The first-order valence-electron chi connectivity index (χ1n) is 5.78. The Morgan fingerprint density at radius 2 is 2.05 bits per heavy atom. The van der Waals surface area contributed by atoms with Gasteiger partial charge in [-0.3, -0.25) is 0 Å². The van der Waals surface area contributed by atoms with Crippen LogP contribution in [0.2, 0.25) is 0 Å². The van der Waals surface area contributed by atoms with E-state index in [-0.39, 0.29) is 12.4 Å². The highest BCUT2D eigenvalue weighted by molar-refractivity contribution is 9.10. The molecule has 0 spiro atoms. The summed E-state index contributed by atoms with van der Waals surface area (Å²) in [6.07, 6.45) is 0. The smallest absolute Gasteiger partial charge is 0.137 e. The Morgan fingerprint density at radius 3 is 2.70 bits per heavy atom. The van der Waals surface area contributed by atoms with Crippen molar-refractivity contribution < 1.29 is 13.9 Å². The van der Waals surface area contributed by atoms with Gasteiger partial charge in [-0.25, -0.2) is 4.39 Å². The zero-order chi connectivity index (χ0) is 14.5. The molecule has 2 aromatic rings. The summed E-state index contributed by atoms with van der Waals surface area (Å²) in [7, 11) is 1.50. The van der Waals surface area contributed by atoms with E-state index in [0.717, 1.165) is 5.56 Å². The minimum Gasteiger partial charge on any atom is -0.495 e. The molecular formula is C15H11BrFNO2. The Labute approximate surface area is 124 Å². The van der Waals surface area contributed by atoms with Crippen LogP contribution in [0.5, 0.6) is 11.5 Å². The predicted molar refractivity (Wildman–Crippen MR) is 76.1 cm³/mol. The first kappa shape index (κ1) is 14.4. The fourth-order valence-electron chi connectivity index (χ4n) is 1.70. The summed E-state index contributed by atoms with van der Waals surface area (Å²) in [6, 6.07) is 11.6. The van der Waals surface area contributed by atoms with E-state index in [4.69, 9.17) is 14.7 Å². The van der Waals surface area contributed by atoms with Gasteiger partial charge in [0.15, 0.2) is 0 Å². The predicted octanol–water partition coefficient (Wildman–Crippen LogP) is 4.05. The van der Waals surface area contributed by atoms with Gasteiger partial charge in [0.05, 0.1) is 12.7 Å². The van der Waals surface area contributed by atoms with Crippen molar-refractivity contribution in [1.82, 2.24) is 0 Å². The normalized spacial score (nSPS) is 9.90. The highest BCUT2D eigenvalue weighted by Crippen LogP contribution is 2.23. The lowest BCUT2D eigenvalue weighted by Gasteiger charge is -2.09. The molecule has 20 heavy (non-hydrogen) atoms. The van der Waals surface area contributed by atoms with Crippen LogP contribution in [0.4, 0.5) is 4.39 Å². The summed E-state index contributed by atoms with van der Waals surface area (Å²) in [5.74, 6) is 0.556. The molecule has 0 aliphatic rings. The quantitative estimate of drug-likeness (QED) is 0.846. The molecule has 102 valence electrons. The lowest BCUT2D eigenvalue weighted by Crippen LogP contribution is -1.97. The van der Waals surface area contributed by atoms with E-state index in [9.17, 15) is 4.39 Å². The first-order valence-corrected chi connectivity index (χ1v) is 6.57. The maximum absolute atomic E-state index is 13.2. The number of benzene rings is 2. The summed E-state index contributed by atoms with van der Waals surface area (Å²) in [5, 5.41) is 8.90. The Balaban J connectivity index is 2.13. The molecule has 0 bridgehead atoms. The van der Waals surface area contributed by atoms with Crippen LogP contribution in [0.25, 0.3) is 0 Å². The van der Waals surface area contributed by atoms with Crippen molar-refractivity contribution >= 4 is 15.9 Å². The molecule has 2 rings (SSSR count). The second kappa shape index (κ2) is 6.40. The van der Waals surface area contributed by atoms with Gasteiger partial charge in [0.2, 0.25) is 0 Å². The third-order valence-electron chi connectivity index (χ3n) is 2.63. The minimum atomic E-state index is -0.369. The van der Waals surface area contributed by atoms with E-state index in [1.54, 1.807) is 24.3 Å². The van der Waals surface area contributed by atoms with Crippen LogP contribution in [-0.4, -0.2) is 7.11 Å². The van der Waals surface area contributed by atoms with Crippen LogP contribution in [0.15, 0.2) is 40.9 Å². The number of rotatable bonds is 4. The molecule has 0 aromatic heterocycles.